The van der Waals surface area contributed by atoms with E-state index in [1.165, 1.54) is 18.2 Å². The van der Waals surface area contributed by atoms with E-state index in [9.17, 15) is 8.42 Å². The van der Waals surface area contributed by atoms with E-state index < -0.39 is 10.0 Å². The predicted molar refractivity (Wildman–Crippen MR) is 92.5 cm³/mol. The normalized spacial score (nSPS) is 11.7. The SMILES string of the molecule is O=S(=O)(NCc1ccc(-c2cccs2)o1)c1cc(Cl)ccc1Cl. The number of furan rings is 1. The molecule has 3 aromatic rings. The van der Waals surface area contributed by atoms with Gasteiger partial charge in [-0.05, 0) is 41.8 Å². The highest BCUT2D eigenvalue weighted by Gasteiger charge is 2.19. The van der Waals surface area contributed by atoms with Crippen LogP contribution >= 0.6 is 34.5 Å². The fourth-order valence-corrected chi connectivity index (χ4v) is 4.39. The lowest BCUT2D eigenvalue weighted by Crippen LogP contribution is -2.23. The first-order valence-electron chi connectivity index (χ1n) is 6.53. The van der Waals surface area contributed by atoms with E-state index in [0.717, 1.165) is 4.88 Å². The van der Waals surface area contributed by atoms with Gasteiger partial charge in [0.25, 0.3) is 0 Å². The molecule has 0 saturated heterocycles. The Kier molecular flexibility index (Phi) is 4.79. The maximum Gasteiger partial charge on any atom is 0.242 e. The zero-order chi connectivity index (χ0) is 16.4. The second-order valence-corrected chi connectivity index (χ2v) is 8.17. The van der Waals surface area contributed by atoms with E-state index in [1.807, 2.05) is 23.6 Å². The van der Waals surface area contributed by atoms with Crippen molar-refractivity contribution in [1.82, 2.24) is 4.72 Å². The van der Waals surface area contributed by atoms with Gasteiger partial charge >= 0.3 is 0 Å². The number of sulfonamides is 1. The minimum absolute atomic E-state index is 0.0244. The highest BCUT2D eigenvalue weighted by atomic mass is 35.5. The molecule has 3 rings (SSSR count). The number of hydrogen-bond donors (Lipinski definition) is 1. The Bertz CT molecular complexity index is 918. The van der Waals surface area contributed by atoms with Gasteiger partial charge in [-0.3, -0.25) is 0 Å². The molecular weight excluding hydrogens is 377 g/mol. The Balaban J connectivity index is 1.76. The minimum Gasteiger partial charge on any atom is -0.459 e. The van der Waals surface area contributed by atoms with Crippen molar-refractivity contribution in [2.75, 3.05) is 0 Å². The number of rotatable bonds is 5. The van der Waals surface area contributed by atoms with Gasteiger partial charge in [-0.2, -0.15) is 0 Å². The lowest BCUT2D eigenvalue weighted by molar-refractivity contribution is 0.510. The zero-order valence-electron chi connectivity index (χ0n) is 11.6. The summed E-state index contributed by atoms with van der Waals surface area (Å²) in [7, 11) is -3.78. The largest absolute Gasteiger partial charge is 0.459 e. The van der Waals surface area contributed by atoms with Crippen LogP contribution in [0.5, 0.6) is 0 Å². The van der Waals surface area contributed by atoms with E-state index in [-0.39, 0.29) is 16.5 Å². The Morgan fingerprint density at radius 2 is 1.96 bits per heavy atom. The van der Waals surface area contributed by atoms with Crippen LogP contribution < -0.4 is 4.72 Å². The average molecular weight is 388 g/mol. The second kappa shape index (κ2) is 6.67. The molecule has 2 heterocycles. The van der Waals surface area contributed by atoms with Crippen molar-refractivity contribution in [2.45, 2.75) is 11.4 Å². The Morgan fingerprint density at radius 3 is 2.70 bits per heavy atom. The molecule has 0 unspecified atom stereocenters. The van der Waals surface area contributed by atoms with E-state index in [1.54, 1.807) is 17.4 Å². The molecule has 2 aromatic heterocycles. The molecule has 0 bridgehead atoms. The molecule has 0 saturated carbocycles. The van der Waals surface area contributed by atoms with E-state index >= 15 is 0 Å². The summed E-state index contributed by atoms with van der Waals surface area (Å²) in [6.07, 6.45) is 0. The highest BCUT2D eigenvalue weighted by molar-refractivity contribution is 7.89. The number of halogens is 2. The maximum absolute atomic E-state index is 12.3. The molecule has 0 fully saturated rings. The van der Waals surface area contributed by atoms with Gasteiger partial charge in [0.15, 0.2) is 0 Å². The quantitative estimate of drug-likeness (QED) is 0.684. The van der Waals surface area contributed by atoms with Crippen LogP contribution in [0.1, 0.15) is 5.76 Å². The van der Waals surface area contributed by atoms with Crippen molar-refractivity contribution in [2.24, 2.45) is 0 Å². The summed E-state index contributed by atoms with van der Waals surface area (Å²) >= 11 is 13.3. The lowest BCUT2D eigenvalue weighted by Gasteiger charge is -2.07. The van der Waals surface area contributed by atoms with Gasteiger partial charge < -0.3 is 4.42 Å². The van der Waals surface area contributed by atoms with Crippen LogP contribution in [-0.4, -0.2) is 8.42 Å². The Labute approximate surface area is 147 Å². The van der Waals surface area contributed by atoms with Crippen molar-refractivity contribution in [3.63, 3.8) is 0 Å². The molecule has 8 heteroatoms. The fraction of sp³-hybridized carbons (Fsp3) is 0.0667. The maximum atomic E-state index is 12.3. The van der Waals surface area contributed by atoms with Crippen molar-refractivity contribution in [3.8, 4) is 10.6 Å². The van der Waals surface area contributed by atoms with Gasteiger partial charge in [0, 0.05) is 5.02 Å². The molecule has 1 aromatic carbocycles. The van der Waals surface area contributed by atoms with Gasteiger partial charge in [-0.25, -0.2) is 13.1 Å². The third-order valence-electron chi connectivity index (χ3n) is 3.04. The van der Waals surface area contributed by atoms with Gasteiger partial charge in [-0.1, -0.05) is 29.3 Å². The third kappa shape index (κ3) is 3.79. The Hall–Kier alpha value is -1.31. The molecule has 23 heavy (non-hydrogen) atoms. The molecule has 0 aliphatic heterocycles. The topological polar surface area (TPSA) is 59.3 Å². The summed E-state index contributed by atoms with van der Waals surface area (Å²) in [6.45, 7) is 0.0244. The van der Waals surface area contributed by atoms with Crippen LogP contribution in [0, 0.1) is 0 Å². The summed E-state index contributed by atoms with van der Waals surface area (Å²) < 4.78 is 32.7. The molecule has 120 valence electrons. The summed E-state index contributed by atoms with van der Waals surface area (Å²) in [6, 6.07) is 11.7. The minimum atomic E-state index is -3.78. The van der Waals surface area contributed by atoms with Crippen molar-refractivity contribution >= 4 is 44.6 Å². The number of nitrogens with one attached hydrogen (secondary N) is 1. The average Bonchev–Trinajstić information content (AvgIpc) is 3.18. The zero-order valence-corrected chi connectivity index (χ0v) is 14.8. The van der Waals surface area contributed by atoms with Crippen LogP contribution in [0.3, 0.4) is 0 Å². The van der Waals surface area contributed by atoms with Gasteiger partial charge in [0.05, 0.1) is 16.4 Å². The molecule has 0 aliphatic rings. The van der Waals surface area contributed by atoms with Crippen LogP contribution in [0.15, 0.2) is 57.2 Å². The number of hydrogen-bond acceptors (Lipinski definition) is 4. The van der Waals surface area contributed by atoms with Crippen molar-refractivity contribution < 1.29 is 12.8 Å². The van der Waals surface area contributed by atoms with Crippen molar-refractivity contribution in [3.05, 3.63) is 63.7 Å². The first kappa shape index (κ1) is 16.5. The predicted octanol–water partition coefficient (Wildman–Crippen LogP) is 4.79. The molecule has 0 amide bonds. The summed E-state index contributed by atoms with van der Waals surface area (Å²) in [4.78, 5) is 0.925. The van der Waals surface area contributed by atoms with Crippen LogP contribution in [0.25, 0.3) is 10.6 Å². The van der Waals surface area contributed by atoms with E-state index in [0.29, 0.717) is 16.5 Å². The molecule has 0 atom stereocenters. The summed E-state index contributed by atoms with van der Waals surface area (Å²) in [5.41, 5.74) is 0. The van der Waals surface area contributed by atoms with Gasteiger partial charge in [0.2, 0.25) is 10.0 Å². The number of benzene rings is 1. The molecule has 0 spiro atoms. The fourth-order valence-electron chi connectivity index (χ4n) is 1.95. The first-order chi connectivity index (χ1) is 11.0. The Morgan fingerprint density at radius 1 is 1.13 bits per heavy atom. The molecule has 1 N–H and O–H groups in total. The second-order valence-electron chi connectivity index (χ2n) is 4.64. The summed E-state index contributed by atoms with van der Waals surface area (Å²) in [5, 5.41) is 2.36. The molecule has 0 radical (unpaired) electrons. The third-order valence-corrected chi connectivity index (χ3v) is 6.05. The van der Waals surface area contributed by atoms with E-state index in [4.69, 9.17) is 27.6 Å². The standard InChI is InChI=1S/C15H11Cl2NO3S2/c16-10-3-5-12(17)15(8-10)23(19,20)18-9-11-4-6-13(21-11)14-2-1-7-22-14/h1-8,18H,9H2. The first-order valence-corrected chi connectivity index (χ1v) is 9.65. The molecular formula is C15H11Cl2NO3S2. The van der Waals surface area contributed by atoms with Crippen LogP contribution in [-0.2, 0) is 16.6 Å². The van der Waals surface area contributed by atoms with Gasteiger partial charge in [-0.15, -0.1) is 11.3 Å². The smallest absolute Gasteiger partial charge is 0.242 e. The monoisotopic (exact) mass is 387 g/mol. The number of thiophene rings is 1. The lowest BCUT2D eigenvalue weighted by atomic mass is 10.3. The van der Waals surface area contributed by atoms with E-state index in [2.05, 4.69) is 4.72 Å². The molecule has 4 nitrogen and oxygen atoms in total. The van der Waals surface area contributed by atoms with Crippen LogP contribution in [0.2, 0.25) is 10.0 Å². The highest BCUT2D eigenvalue weighted by Crippen LogP contribution is 2.27. The molecule has 0 aliphatic carbocycles. The van der Waals surface area contributed by atoms with Crippen LogP contribution in [0.4, 0.5) is 0 Å². The van der Waals surface area contributed by atoms with Crippen molar-refractivity contribution in [1.29, 1.82) is 0 Å². The van der Waals surface area contributed by atoms with Gasteiger partial charge in [0.1, 0.15) is 16.4 Å². The summed E-state index contributed by atoms with van der Waals surface area (Å²) in [5.74, 6) is 1.21.